The Morgan fingerprint density at radius 1 is 0.733 bits per heavy atom. The smallest absolute Gasteiger partial charge is 0.317 e. The molecule has 1 aromatic heterocycles. The molecule has 0 radical (unpaired) electrons. The monoisotopic (exact) mass is 474 g/mol. The second kappa shape index (κ2) is 9.23. The first-order valence-electron chi connectivity index (χ1n) is 8.96. The van der Waals surface area contributed by atoms with E-state index in [2.05, 4.69) is 9.97 Å². The molecule has 1 heterocycles. The molecule has 0 fully saturated rings. The van der Waals surface area contributed by atoms with Crippen molar-refractivity contribution in [1.29, 1.82) is 0 Å². The third kappa shape index (κ3) is 4.71. The Labute approximate surface area is 194 Å². The van der Waals surface area contributed by atoms with E-state index in [0.717, 1.165) is 22.3 Å². The fraction of sp³-hybridized carbons (Fsp3) is 0.0435. The topological polar surface area (TPSA) is 35.0 Å². The van der Waals surface area contributed by atoms with Crippen molar-refractivity contribution in [1.82, 2.24) is 9.97 Å². The van der Waals surface area contributed by atoms with Crippen LogP contribution in [0.2, 0.25) is 20.1 Å². The first kappa shape index (κ1) is 21.0. The molecular weight excluding hydrogens is 462 g/mol. The van der Waals surface area contributed by atoms with Gasteiger partial charge >= 0.3 is 6.01 Å². The van der Waals surface area contributed by atoms with Crippen LogP contribution in [0.25, 0.3) is 22.4 Å². The Morgan fingerprint density at radius 2 is 1.47 bits per heavy atom. The van der Waals surface area contributed by atoms with Gasteiger partial charge in [0.15, 0.2) is 0 Å². The van der Waals surface area contributed by atoms with E-state index in [0.29, 0.717) is 25.8 Å². The fourth-order valence-corrected chi connectivity index (χ4v) is 3.73. The van der Waals surface area contributed by atoms with E-state index in [1.165, 1.54) is 0 Å². The highest BCUT2D eigenvalue weighted by Gasteiger charge is 2.15. The maximum absolute atomic E-state index is 6.45. The predicted molar refractivity (Wildman–Crippen MR) is 124 cm³/mol. The quantitative estimate of drug-likeness (QED) is 0.293. The zero-order valence-electron chi connectivity index (χ0n) is 15.4. The second-order valence-corrected chi connectivity index (χ2v) is 8.11. The standard InChI is InChI=1S/C23H14Cl4N2O/c24-16-8-5-14(6-9-16)19-12-28-23(29-22(19)18-3-1-2-4-20(18)26)30-13-15-7-10-17(25)11-21(15)27/h1-12H,13H2. The van der Waals surface area contributed by atoms with Crippen LogP contribution in [0.4, 0.5) is 0 Å². The average Bonchev–Trinajstić information content (AvgIpc) is 2.74. The van der Waals surface area contributed by atoms with E-state index >= 15 is 0 Å². The van der Waals surface area contributed by atoms with Crippen molar-refractivity contribution >= 4 is 46.4 Å². The molecule has 0 aliphatic rings. The van der Waals surface area contributed by atoms with Gasteiger partial charge < -0.3 is 4.74 Å². The highest BCUT2D eigenvalue weighted by atomic mass is 35.5. The van der Waals surface area contributed by atoms with Crippen LogP contribution in [0.5, 0.6) is 6.01 Å². The SMILES string of the molecule is Clc1ccc(-c2cnc(OCc3ccc(Cl)cc3Cl)nc2-c2ccccc2Cl)cc1. The van der Waals surface area contributed by atoms with Crippen molar-refractivity contribution in [2.75, 3.05) is 0 Å². The van der Waals surface area contributed by atoms with Crippen LogP contribution in [-0.2, 0) is 6.61 Å². The minimum Gasteiger partial charge on any atom is -0.459 e. The number of rotatable bonds is 5. The Bertz CT molecular complexity index is 1200. The molecule has 0 aliphatic carbocycles. The molecule has 3 nitrogen and oxygen atoms in total. The molecule has 4 aromatic rings. The van der Waals surface area contributed by atoms with Crippen molar-refractivity contribution in [3.05, 3.63) is 98.6 Å². The number of hydrogen-bond acceptors (Lipinski definition) is 3. The molecule has 0 saturated heterocycles. The van der Waals surface area contributed by atoms with Gasteiger partial charge in [-0.1, -0.05) is 82.8 Å². The van der Waals surface area contributed by atoms with Crippen LogP contribution >= 0.6 is 46.4 Å². The van der Waals surface area contributed by atoms with Gasteiger partial charge in [0.2, 0.25) is 0 Å². The molecule has 4 rings (SSSR count). The third-order valence-electron chi connectivity index (χ3n) is 4.42. The second-order valence-electron chi connectivity index (χ2n) is 6.43. The molecule has 30 heavy (non-hydrogen) atoms. The summed E-state index contributed by atoms with van der Waals surface area (Å²) in [4.78, 5) is 9.02. The van der Waals surface area contributed by atoms with Crippen LogP contribution < -0.4 is 4.74 Å². The van der Waals surface area contributed by atoms with Crippen LogP contribution in [0.15, 0.2) is 72.9 Å². The van der Waals surface area contributed by atoms with Gasteiger partial charge in [-0.25, -0.2) is 4.98 Å². The van der Waals surface area contributed by atoms with Gasteiger partial charge in [0, 0.05) is 43.0 Å². The first-order valence-corrected chi connectivity index (χ1v) is 10.5. The summed E-state index contributed by atoms with van der Waals surface area (Å²) < 4.78 is 5.81. The molecule has 0 spiro atoms. The third-order valence-corrected chi connectivity index (χ3v) is 5.59. The summed E-state index contributed by atoms with van der Waals surface area (Å²) in [6.45, 7) is 0.207. The molecule has 0 atom stereocenters. The molecule has 0 bridgehead atoms. The van der Waals surface area contributed by atoms with Crippen molar-refractivity contribution < 1.29 is 4.74 Å². The minimum atomic E-state index is 0.207. The lowest BCUT2D eigenvalue weighted by Gasteiger charge is -2.13. The summed E-state index contributed by atoms with van der Waals surface area (Å²) in [6, 6.07) is 20.4. The largest absolute Gasteiger partial charge is 0.459 e. The maximum Gasteiger partial charge on any atom is 0.317 e. The zero-order chi connectivity index (χ0) is 21.1. The summed E-state index contributed by atoms with van der Waals surface area (Å²) in [7, 11) is 0. The molecule has 0 unspecified atom stereocenters. The van der Waals surface area contributed by atoms with Crippen LogP contribution in [0, 0.1) is 0 Å². The Balaban J connectivity index is 1.72. The van der Waals surface area contributed by atoms with E-state index in [1.807, 2.05) is 54.6 Å². The first-order chi connectivity index (χ1) is 14.5. The number of halogens is 4. The van der Waals surface area contributed by atoms with Gasteiger partial charge in [-0.05, 0) is 35.9 Å². The molecule has 0 saturated carbocycles. The highest BCUT2D eigenvalue weighted by molar-refractivity contribution is 6.35. The molecule has 0 amide bonds. The summed E-state index contributed by atoms with van der Waals surface area (Å²) in [5.74, 6) is 0. The lowest BCUT2D eigenvalue weighted by atomic mass is 10.0. The van der Waals surface area contributed by atoms with Crippen molar-refractivity contribution in [2.24, 2.45) is 0 Å². The number of hydrogen-bond donors (Lipinski definition) is 0. The summed E-state index contributed by atoms with van der Waals surface area (Å²) in [5, 5.41) is 2.32. The number of nitrogens with zero attached hydrogens (tertiary/aromatic N) is 2. The summed E-state index contributed by atoms with van der Waals surface area (Å²) >= 11 is 24.7. The Morgan fingerprint density at radius 3 is 2.20 bits per heavy atom. The molecule has 3 aromatic carbocycles. The van der Waals surface area contributed by atoms with E-state index in [4.69, 9.17) is 51.1 Å². The van der Waals surface area contributed by atoms with Gasteiger partial charge in [0.05, 0.1) is 5.69 Å². The minimum absolute atomic E-state index is 0.207. The Hall–Kier alpha value is -2.30. The molecule has 150 valence electrons. The van der Waals surface area contributed by atoms with Gasteiger partial charge in [0.25, 0.3) is 0 Å². The van der Waals surface area contributed by atoms with E-state index in [-0.39, 0.29) is 12.6 Å². The van der Waals surface area contributed by atoms with Crippen molar-refractivity contribution in [3.63, 3.8) is 0 Å². The van der Waals surface area contributed by atoms with Gasteiger partial charge in [-0.2, -0.15) is 4.98 Å². The van der Waals surface area contributed by atoms with Crippen LogP contribution in [0.3, 0.4) is 0 Å². The lowest BCUT2D eigenvalue weighted by Crippen LogP contribution is -2.02. The normalized spacial score (nSPS) is 10.8. The molecular formula is C23H14Cl4N2O. The maximum atomic E-state index is 6.45. The predicted octanol–water partition coefficient (Wildman–Crippen LogP) is 8.00. The molecule has 7 heteroatoms. The Kier molecular flexibility index (Phi) is 6.45. The number of benzene rings is 3. The highest BCUT2D eigenvalue weighted by Crippen LogP contribution is 2.35. The van der Waals surface area contributed by atoms with Crippen molar-refractivity contribution in [2.45, 2.75) is 6.61 Å². The van der Waals surface area contributed by atoms with Crippen LogP contribution in [0.1, 0.15) is 5.56 Å². The zero-order valence-corrected chi connectivity index (χ0v) is 18.5. The number of ether oxygens (including phenoxy) is 1. The van der Waals surface area contributed by atoms with Gasteiger partial charge in [-0.15, -0.1) is 0 Å². The van der Waals surface area contributed by atoms with Gasteiger partial charge in [0.1, 0.15) is 6.61 Å². The van der Waals surface area contributed by atoms with E-state index in [9.17, 15) is 0 Å². The van der Waals surface area contributed by atoms with Crippen molar-refractivity contribution in [3.8, 4) is 28.4 Å². The molecule has 0 aliphatic heterocycles. The lowest BCUT2D eigenvalue weighted by molar-refractivity contribution is 0.281. The summed E-state index contributed by atoms with van der Waals surface area (Å²) in [6.07, 6.45) is 1.72. The fourth-order valence-electron chi connectivity index (χ4n) is 2.92. The molecule has 0 N–H and O–H groups in total. The summed E-state index contributed by atoms with van der Waals surface area (Å²) in [5.41, 5.74) is 3.96. The van der Waals surface area contributed by atoms with E-state index < -0.39 is 0 Å². The van der Waals surface area contributed by atoms with E-state index in [1.54, 1.807) is 18.3 Å². The average molecular weight is 476 g/mol. The van der Waals surface area contributed by atoms with Crippen LogP contribution in [-0.4, -0.2) is 9.97 Å². The number of aromatic nitrogens is 2. The van der Waals surface area contributed by atoms with Gasteiger partial charge in [-0.3, -0.25) is 0 Å².